The average Bonchev–Trinajstić information content (AvgIpc) is 2.39. The molecule has 0 amide bonds. The third-order valence-electron chi connectivity index (χ3n) is 3.35. The number of aliphatic hydroxyl groups excluding tert-OH is 1. The molecule has 1 aliphatic rings. The zero-order valence-electron chi connectivity index (χ0n) is 11.4. The molecule has 0 heterocycles. The summed E-state index contributed by atoms with van der Waals surface area (Å²) < 4.78 is 10.1. The van der Waals surface area contributed by atoms with Crippen LogP contribution in [0.5, 0.6) is 0 Å². The van der Waals surface area contributed by atoms with E-state index in [4.69, 9.17) is 9.47 Å². The van der Waals surface area contributed by atoms with E-state index in [0.717, 1.165) is 25.7 Å². The van der Waals surface area contributed by atoms with Gasteiger partial charge in [0, 0.05) is 13.2 Å². The highest BCUT2D eigenvalue weighted by Crippen LogP contribution is 2.25. The van der Waals surface area contributed by atoms with Gasteiger partial charge in [-0.25, -0.2) is 0 Å². The Kier molecular flexibility index (Phi) is 7.23. The predicted octanol–water partition coefficient (Wildman–Crippen LogP) is 0.705. The summed E-state index contributed by atoms with van der Waals surface area (Å²) in [6, 6.07) is 0.210. The van der Waals surface area contributed by atoms with Gasteiger partial charge in [0.25, 0.3) is 0 Å². The number of ether oxygens (including phenoxy) is 2. The van der Waals surface area contributed by atoms with Gasteiger partial charge in [0.1, 0.15) is 0 Å². The Balaban J connectivity index is 2.40. The molecule has 0 aromatic heterocycles. The number of methoxy groups -OCH3 is 1. The largest absolute Gasteiger partial charge is 0.466 e. The van der Waals surface area contributed by atoms with E-state index in [1.165, 1.54) is 0 Å². The van der Waals surface area contributed by atoms with Crippen LogP contribution in [-0.4, -0.2) is 50.1 Å². The third-order valence-corrected chi connectivity index (χ3v) is 3.35. The molecule has 5 nitrogen and oxygen atoms in total. The molecule has 3 atom stereocenters. The minimum Gasteiger partial charge on any atom is -0.466 e. The van der Waals surface area contributed by atoms with E-state index in [2.05, 4.69) is 5.32 Å². The number of rotatable bonds is 7. The van der Waals surface area contributed by atoms with Crippen molar-refractivity contribution in [1.82, 2.24) is 5.32 Å². The van der Waals surface area contributed by atoms with Crippen LogP contribution in [0.2, 0.25) is 0 Å². The van der Waals surface area contributed by atoms with Crippen molar-refractivity contribution in [1.29, 1.82) is 0 Å². The fraction of sp³-hybridized carbons (Fsp3) is 0.923. The van der Waals surface area contributed by atoms with Crippen LogP contribution in [0.4, 0.5) is 0 Å². The smallest absolute Gasteiger partial charge is 0.308 e. The second kappa shape index (κ2) is 8.45. The highest BCUT2D eigenvalue weighted by molar-refractivity contribution is 5.72. The van der Waals surface area contributed by atoms with Crippen molar-refractivity contribution in [2.45, 2.75) is 44.7 Å². The molecule has 18 heavy (non-hydrogen) atoms. The fourth-order valence-corrected chi connectivity index (χ4v) is 2.50. The molecule has 0 saturated heterocycles. The molecule has 106 valence electrons. The summed E-state index contributed by atoms with van der Waals surface area (Å²) in [7, 11) is 1.62. The molecule has 1 saturated carbocycles. The summed E-state index contributed by atoms with van der Waals surface area (Å²) in [6.07, 6.45) is 3.76. The van der Waals surface area contributed by atoms with Crippen LogP contribution in [0.25, 0.3) is 0 Å². The van der Waals surface area contributed by atoms with Crippen LogP contribution in [0.1, 0.15) is 32.6 Å². The first-order valence-electron chi connectivity index (χ1n) is 6.73. The maximum Gasteiger partial charge on any atom is 0.308 e. The summed E-state index contributed by atoms with van der Waals surface area (Å²) in [5, 5.41) is 12.6. The maximum atomic E-state index is 11.7. The van der Waals surface area contributed by atoms with Crippen molar-refractivity contribution < 1.29 is 19.4 Å². The minimum atomic E-state index is -0.0868. The van der Waals surface area contributed by atoms with E-state index < -0.39 is 0 Å². The van der Waals surface area contributed by atoms with E-state index in [1.807, 2.05) is 6.92 Å². The van der Waals surface area contributed by atoms with Crippen LogP contribution in [0.3, 0.4) is 0 Å². The van der Waals surface area contributed by atoms with E-state index in [9.17, 15) is 9.90 Å². The molecule has 0 aliphatic heterocycles. The second-order valence-corrected chi connectivity index (χ2v) is 4.81. The molecule has 1 rings (SSSR count). The SMILES string of the molecule is CCOC(=O)C1CCCC(NC(CO)COC)C1. The second-order valence-electron chi connectivity index (χ2n) is 4.81. The van der Waals surface area contributed by atoms with Crippen molar-refractivity contribution in [2.24, 2.45) is 5.92 Å². The summed E-state index contributed by atoms with van der Waals surface area (Å²) in [4.78, 5) is 11.7. The zero-order chi connectivity index (χ0) is 13.4. The Hall–Kier alpha value is -0.650. The molecule has 0 aromatic carbocycles. The van der Waals surface area contributed by atoms with Gasteiger partial charge in [-0.1, -0.05) is 6.42 Å². The molecule has 0 bridgehead atoms. The van der Waals surface area contributed by atoms with Crippen molar-refractivity contribution in [3.8, 4) is 0 Å². The van der Waals surface area contributed by atoms with Gasteiger partial charge >= 0.3 is 5.97 Å². The molecule has 0 radical (unpaired) electrons. The van der Waals surface area contributed by atoms with E-state index >= 15 is 0 Å². The first-order valence-corrected chi connectivity index (χ1v) is 6.73. The maximum absolute atomic E-state index is 11.7. The lowest BCUT2D eigenvalue weighted by Gasteiger charge is -2.31. The molecule has 3 unspecified atom stereocenters. The standard InChI is InChI=1S/C13H25NO4/c1-3-18-13(16)10-5-4-6-11(7-10)14-12(8-15)9-17-2/h10-12,14-15H,3-9H2,1-2H3. The number of aliphatic hydroxyl groups is 1. The summed E-state index contributed by atoms with van der Waals surface area (Å²) >= 11 is 0. The van der Waals surface area contributed by atoms with Crippen LogP contribution in [0, 0.1) is 5.92 Å². The third kappa shape index (κ3) is 4.92. The zero-order valence-corrected chi connectivity index (χ0v) is 11.4. The van der Waals surface area contributed by atoms with E-state index in [1.54, 1.807) is 7.11 Å². The van der Waals surface area contributed by atoms with Crippen molar-refractivity contribution in [3.05, 3.63) is 0 Å². The lowest BCUT2D eigenvalue weighted by molar-refractivity contribution is -0.149. The van der Waals surface area contributed by atoms with Crippen molar-refractivity contribution >= 4 is 5.97 Å². The number of esters is 1. The normalized spacial score (nSPS) is 25.7. The predicted molar refractivity (Wildman–Crippen MR) is 68.3 cm³/mol. The Morgan fingerprint density at radius 3 is 2.89 bits per heavy atom. The average molecular weight is 259 g/mol. The molecular formula is C13H25NO4. The van der Waals surface area contributed by atoms with Gasteiger partial charge in [0.15, 0.2) is 0 Å². The van der Waals surface area contributed by atoms with Gasteiger partial charge in [0.2, 0.25) is 0 Å². The van der Waals surface area contributed by atoms with Crippen LogP contribution < -0.4 is 5.32 Å². The Morgan fingerprint density at radius 1 is 1.50 bits per heavy atom. The number of carbonyl (C=O) groups excluding carboxylic acids is 1. The highest BCUT2D eigenvalue weighted by Gasteiger charge is 2.29. The quantitative estimate of drug-likeness (QED) is 0.659. The molecule has 2 N–H and O–H groups in total. The molecule has 1 fully saturated rings. The van der Waals surface area contributed by atoms with Crippen LogP contribution in [0.15, 0.2) is 0 Å². The van der Waals surface area contributed by atoms with Crippen molar-refractivity contribution in [2.75, 3.05) is 26.9 Å². The fourth-order valence-electron chi connectivity index (χ4n) is 2.50. The summed E-state index contributed by atoms with van der Waals surface area (Å²) in [5.41, 5.74) is 0. The van der Waals surface area contributed by atoms with E-state index in [-0.39, 0.29) is 30.6 Å². The van der Waals surface area contributed by atoms with Crippen LogP contribution in [-0.2, 0) is 14.3 Å². The molecule has 1 aliphatic carbocycles. The Labute approximate surface area is 109 Å². The van der Waals surface area contributed by atoms with Gasteiger partial charge in [-0.2, -0.15) is 0 Å². The van der Waals surface area contributed by atoms with Gasteiger partial charge in [-0.3, -0.25) is 4.79 Å². The monoisotopic (exact) mass is 259 g/mol. The highest BCUT2D eigenvalue weighted by atomic mass is 16.5. The van der Waals surface area contributed by atoms with Gasteiger partial charge in [0.05, 0.1) is 31.8 Å². The lowest BCUT2D eigenvalue weighted by atomic mass is 9.85. The number of nitrogens with one attached hydrogen (secondary N) is 1. The minimum absolute atomic E-state index is 0.00177. The summed E-state index contributed by atoms with van der Waals surface area (Å²) in [6.45, 7) is 2.80. The van der Waals surface area contributed by atoms with Crippen LogP contribution >= 0.6 is 0 Å². The Bertz CT molecular complexity index is 247. The first-order chi connectivity index (χ1) is 8.71. The number of carbonyl (C=O) groups is 1. The first kappa shape index (κ1) is 15.4. The van der Waals surface area contributed by atoms with Crippen molar-refractivity contribution in [3.63, 3.8) is 0 Å². The number of hydrogen-bond donors (Lipinski definition) is 2. The van der Waals surface area contributed by atoms with Gasteiger partial charge < -0.3 is 19.9 Å². The Morgan fingerprint density at radius 2 is 2.28 bits per heavy atom. The molecule has 0 aromatic rings. The number of hydrogen-bond acceptors (Lipinski definition) is 5. The molecule has 5 heteroatoms. The topological polar surface area (TPSA) is 67.8 Å². The van der Waals surface area contributed by atoms with Gasteiger partial charge in [-0.05, 0) is 26.2 Å². The molecule has 0 spiro atoms. The van der Waals surface area contributed by atoms with Gasteiger partial charge in [-0.15, -0.1) is 0 Å². The lowest BCUT2D eigenvalue weighted by Crippen LogP contribution is -2.46. The van der Waals surface area contributed by atoms with E-state index in [0.29, 0.717) is 13.2 Å². The summed E-state index contributed by atoms with van der Waals surface area (Å²) in [5.74, 6) is -0.0885. The molecular weight excluding hydrogens is 234 g/mol.